The summed E-state index contributed by atoms with van der Waals surface area (Å²) >= 11 is 2.12. The molecule has 7 heteroatoms. The molecule has 0 aliphatic rings. The van der Waals surface area contributed by atoms with Crippen molar-refractivity contribution in [3.8, 4) is 0 Å². The molecule has 0 rings (SSSR count). The van der Waals surface area contributed by atoms with E-state index in [4.69, 9.17) is 7.37 Å². The Bertz CT molecular complexity index is 19.7. The molecule has 0 N–H and O–H groups in total. The third-order valence-electron chi connectivity index (χ3n) is 0. The fourth-order valence-corrected chi connectivity index (χ4v) is 0. The summed E-state index contributed by atoms with van der Waals surface area (Å²) in [5.74, 6) is 0. The Morgan fingerprint density at radius 2 is 1.14 bits per heavy atom. The van der Waals surface area contributed by atoms with Crippen LogP contribution in [0.3, 0.4) is 0 Å². The molecule has 0 aliphatic heterocycles. The molecule has 0 fully saturated rings. The number of hydrogen-bond acceptors (Lipinski definition) is 2. The molecule has 0 amide bonds. The molecule has 0 saturated carbocycles. The summed E-state index contributed by atoms with van der Waals surface area (Å²) in [6.07, 6.45) is 0. The first kappa shape index (κ1) is 30.6. The summed E-state index contributed by atoms with van der Waals surface area (Å²) in [6.45, 7) is 0. The Balaban J connectivity index is -0.00000000267. The predicted octanol–water partition coefficient (Wildman–Crippen LogP) is -1.81. The number of hydrogen-bond donors (Lipinski definition) is 0. The van der Waals surface area contributed by atoms with E-state index in [2.05, 4.69) is 0 Å². The second-order valence-corrected chi connectivity index (χ2v) is 0. The van der Waals surface area contributed by atoms with E-state index in [9.17, 15) is 0 Å². The van der Waals surface area contributed by atoms with Crippen molar-refractivity contribution in [1.29, 1.82) is 0 Å². The number of rotatable bonds is 0. The summed E-state index contributed by atoms with van der Waals surface area (Å²) in [6, 6.07) is 0. The van der Waals surface area contributed by atoms with E-state index in [0.717, 1.165) is 0 Å². The van der Waals surface area contributed by atoms with E-state index in [-0.39, 0.29) is 117 Å². The molecule has 42 valence electrons. The first-order valence-electron chi connectivity index (χ1n) is 0.433. The summed E-state index contributed by atoms with van der Waals surface area (Å²) < 4.78 is 16.4. The van der Waals surface area contributed by atoms with E-state index >= 15 is 0 Å². The third kappa shape index (κ3) is 40.3. The zero-order chi connectivity index (χ0) is 4.00. The van der Waals surface area contributed by atoms with Crippen molar-refractivity contribution in [2.75, 3.05) is 0 Å². The van der Waals surface area contributed by atoms with Gasteiger partial charge in [0.2, 0.25) is 0 Å². The van der Waals surface area contributed by atoms with Crippen LogP contribution in [0.4, 0.5) is 0 Å². The second kappa shape index (κ2) is 51.1. The Kier molecular flexibility index (Phi) is 223. The molecule has 0 bridgehead atoms. The summed E-state index contributed by atoms with van der Waals surface area (Å²) in [5, 5.41) is 0. The summed E-state index contributed by atoms with van der Waals surface area (Å²) in [5.41, 5.74) is 0. The fraction of sp³-hybridized carbons (Fsp3) is 0. The Morgan fingerprint density at radius 1 is 1.14 bits per heavy atom. The van der Waals surface area contributed by atoms with Crippen LogP contribution in [0.1, 0.15) is 0 Å². The zero-order valence-corrected chi connectivity index (χ0v) is 11.4. The predicted molar refractivity (Wildman–Crippen MR) is 17.1 cm³/mol. The molecule has 0 atom stereocenters. The topological polar surface area (TPSA) is 34.1 Å². The Labute approximate surface area is 136 Å². The average molecular weight is 451 g/mol. The molecule has 0 aromatic carbocycles. The van der Waals surface area contributed by atoms with Crippen LogP contribution in [-0.2, 0) is 40.4 Å². The van der Waals surface area contributed by atoms with Crippen molar-refractivity contribution < 1.29 is 76.0 Å². The van der Waals surface area contributed by atoms with E-state index in [1.807, 2.05) is 15.9 Å². The van der Waals surface area contributed by atoms with Gasteiger partial charge in [-0.1, -0.05) is 0 Å². The van der Waals surface area contributed by atoms with Gasteiger partial charge >= 0.3 is 87.4 Å². The monoisotopic (exact) mass is 450 g/mol. The molecule has 2 radical (unpaired) electrons. The van der Waals surface area contributed by atoms with Crippen molar-refractivity contribution in [3.63, 3.8) is 0 Å². The molecule has 0 saturated heterocycles. The first-order chi connectivity index (χ1) is 2.00. The molecule has 0 spiro atoms. The van der Waals surface area contributed by atoms with Gasteiger partial charge in [0.05, 0.1) is 0 Å². The van der Waals surface area contributed by atoms with Crippen molar-refractivity contribution in [2.45, 2.75) is 0 Å². The first-order valence-corrected chi connectivity index (χ1v) is 2.10. The minimum absolute atomic E-state index is 0. The van der Waals surface area contributed by atoms with Crippen LogP contribution >= 0.6 is 0 Å². The van der Waals surface area contributed by atoms with Crippen LogP contribution in [0.2, 0.25) is 0 Å². The van der Waals surface area contributed by atoms with E-state index < -0.39 is 0 Å². The van der Waals surface area contributed by atoms with Crippen LogP contribution in [-0.4, -0.2) is 64.0 Å². The van der Waals surface area contributed by atoms with Gasteiger partial charge in [-0.2, -0.15) is 0 Å². The van der Waals surface area contributed by atoms with E-state index in [0.29, 0.717) is 0 Å². The Morgan fingerprint density at radius 3 is 1.14 bits per heavy atom. The van der Waals surface area contributed by atoms with E-state index in [1.54, 1.807) is 0 Å². The van der Waals surface area contributed by atoms with Gasteiger partial charge in [0.1, 0.15) is 0 Å². The maximum atomic E-state index is 8.38. The van der Waals surface area contributed by atoms with Crippen LogP contribution in [0.5, 0.6) is 0 Å². The van der Waals surface area contributed by atoms with Gasteiger partial charge in [0.25, 0.3) is 0 Å². The molecule has 0 aliphatic carbocycles. The van der Waals surface area contributed by atoms with Gasteiger partial charge in [-0.05, 0) is 0 Å². The molecule has 0 aromatic rings. The summed E-state index contributed by atoms with van der Waals surface area (Å²) in [7, 11) is 0. The Hall–Kier alpha value is 3.95. The van der Waals surface area contributed by atoms with E-state index in [1.165, 1.54) is 0 Å². The van der Waals surface area contributed by atoms with Crippen LogP contribution in [0.25, 0.3) is 0 Å². The standard InChI is InChI=1S/Cu.Fe.Ga.La.2O.Sr.3H. The molecule has 0 aromatic heterocycles. The average Bonchev–Trinajstić information content (AvgIpc) is 1.50. The van der Waals surface area contributed by atoms with Gasteiger partial charge in [-0.25, -0.2) is 0 Å². The van der Waals surface area contributed by atoms with Gasteiger partial charge in [0, 0.05) is 52.7 Å². The van der Waals surface area contributed by atoms with Crippen LogP contribution in [0, 0.1) is 35.6 Å². The quantitative estimate of drug-likeness (QED) is 0.408. The van der Waals surface area contributed by atoms with Crippen molar-refractivity contribution >= 4 is 64.0 Å². The van der Waals surface area contributed by atoms with Crippen molar-refractivity contribution in [1.82, 2.24) is 0 Å². The van der Waals surface area contributed by atoms with Gasteiger partial charge in [0.15, 0.2) is 0 Å². The van der Waals surface area contributed by atoms with Crippen molar-refractivity contribution in [3.05, 3.63) is 0 Å². The fourth-order valence-electron chi connectivity index (χ4n) is 0. The van der Waals surface area contributed by atoms with Crippen LogP contribution < -0.4 is 0 Å². The minimum atomic E-state index is 0. The normalized spacial score (nSPS) is 1.14. The van der Waals surface area contributed by atoms with Gasteiger partial charge < -0.3 is 0 Å². The zero-order valence-electron chi connectivity index (χ0n) is 2.76. The van der Waals surface area contributed by atoms with Gasteiger partial charge in [-0.15, -0.1) is 0 Å². The third-order valence-corrected chi connectivity index (χ3v) is 0. The molecular weight excluding hydrogens is 448 g/mol. The molecular formula is H3CuFeGaLaO2Sr. The molecule has 0 unspecified atom stereocenters. The maximum absolute atomic E-state index is 8.38. The summed E-state index contributed by atoms with van der Waals surface area (Å²) in [4.78, 5) is 0. The SMILES string of the molecule is [Cu].[La].[O]=[Fe].[O]=[GaH].[SrH2]. The van der Waals surface area contributed by atoms with Crippen LogP contribution in [0.15, 0.2) is 0 Å². The van der Waals surface area contributed by atoms with Gasteiger partial charge in [-0.3, -0.25) is 0 Å². The van der Waals surface area contributed by atoms with Crippen molar-refractivity contribution in [2.24, 2.45) is 0 Å². The molecule has 0 heterocycles. The second-order valence-electron chi connectivity index (χ2n) is 0. The molecule has 2 nitrogen and oxygen atoms in total. The molecule has 7 heavy (non-hydrogen) atoms.